The van der Waals surface area contributed by atoms with Crippen molar-refractivity contribution in [2.75, 3.05) is 19.8 Å². The fourth-order valence-electron chi connectivity index (χ4n) is 3.24. The summed E-state index contributed by atoms with van der Waals surface area (Å²) in [7, 11) is 0. The zero-order valence-corrected chi connectivity index (χ0v) is 13.4. The average Bonchev–Trinajstić information content (AvgIpc) is 3.08. The predicted molar refractivity (Wildman–Crippen MR) is 84.8 cm³/mol. The Labute approximate surface area is 136 Å². The predicted octanol–water partition coefficient (Wildman–Crippen LogP) is 3.03. The number of hydrogen-bond acceptors (Lipinski definition) is 3. The van der Waals surface area contributed by atoms with Gasteiger partial charge in [0.25, 0.3) is 0 Å². The van der Waals surface area contributed by atoms with Crippen LogP contribution in [0, 0.1) is 0 Å². The van der Waals surface area contributed by atoms with Crippen molar-refractivity contribution in [2.24, 2.45) is 0 Å². The summed E-state index contributed by atoms with van der Waals surface area (Å²) in [5.41, 5.74) is 1.03. The fourth-order valence-corrected chi connectivity index (χ4v) is 3.47. The lowest BCUT2D eigenvalue weighted by molar-refractivity contribution is -0.150. The maximum Gasteiger partial charge on any atom is 0.223 e. The van der Waals surface area contributed by atoms with E-state index in [2.05, 4.69) is 0 Å². The van der Waals surface area contributed by atoms with Crippen molar-refractivity contribution in [3.8, 4) is 0 Å². The Morgan fingerprint density at radius 3 is 2.77 bits per heavy atom. The van der Waals surface area contributed by atoms with E-state index < -0.39 is 0 Å². The molecular formula is C17H22ClNO3. The molecule has 0 aliphatic carbocycles. The standard InChI is InChI=1S/C17H22ClNO3/c18-14-6-2-1-5-13(14)8-9-16(20)19-10-4-3-7-15(19)17-21-11-12-22-17/h1-2,5-6,15,17H,3-4,7-12H2/t15-/m0/s1. The third-order valence-electron chi connectivity index (χ3n) is 4.40. The molecule has 1 aromatic rings. The number of rotatable bonds is 4. The maximum atomic E-state index is 12.6. The fraction of sp³-hybridized carbons (Fsp3) is 0.588. The van der Waals surface area contributed by atoms with Crippen LogP contribution in [0.3, 0.4) is 0 Å². The van der Waals surface area contributed by atoms with Crippen LogP contribution in [0.5, 0.6) is 0 Å². The highest BCUT2D eigenvalue weighted by atomic mass is 35.5. The van der Waals surface area contributed by atoms with Gasteiger partial charge in [-0.15, -0.1) is 0 Å². The molecule has 1 amide bonds. The molecule has 2 aliphatic rings. The summed E-state index contributed by atoms with van der Waals surface area (Å²) in [5.74, 6) is 0.170. The summed E-state index contributed by atoms with van der Waals surface area (Å²) >= 11 is 6.16. The largest absolute Gasteiger partial charge is 0.348 e. The Morgan fingerprint density at radius 1 is 1.23 bits per heavy atom. The second kappa shape index (κ2) is 7.44. The summed E-state index contributed by atoms with van der Waals surface area (Å²) in [6.07, 6.45) is 4.05. The quantitative estimate of drug-likeness (QED) is 0.855. The molecule has 0 spiro atoms. The van der Waals surface area contributed by atoms with Crippen LogP contribution < -0.4 is 0 Å². The first kappa shape index (κ1) is 15.8. The topological polar surface area (TPSA) is 38.8 Å². The van der Waals surface area contributed by atoms with Gasteiger partial charge in [-0.1, -0.05) is 29.8 Å². The van der Waals surface area contributed by atoms with Gasteiger partial charge in [-0.05, 0) is 37.3 Å². The number of ether oxygens (including phenoxy) is 2. The van der Waals surface area contributed by atoms with Gasteiger partial charge in [0.05, 0.1) is 19.3 Å². The van der Waals surface area contributed by atoms with Crippen LogP contribution in [0.25, 0.3) is 0 Å². The van der Waals surface area contributed by atoms with Crippen LogP contribution in [-0.2, 0) is 20.7 Å². The van der Waals surface area contributed by atoms with Crippen molar-refractivity contribution in [1.29, 1.82) is 0 Å². The number of nitrogens with zero attached hydrogens (tertiary/aromatic N) is 1. The summed E-state index contributed by atoms with van der Waals surface area (Å²) < 4.78 is 11.2. The normalized spacial score (nSPS) is 23.0. The molecule has 2 heterocycles. The Hall–Kier alpha value is -1.10. The summed E-state index contributed by atoms with van der Waals surface area (Å²) in [6, 6.07) is 7.77. The minimum Gasteiger partial charge on any atom is -0.348 e. The number of hydrogen-bond donors (Lipinski definition) is 0. The first-order valence-electron chi connectivity index (χ1n) is 8.02. The Balaban J connectivity index is 1.61. The molecular weight excluding hydrogens is 302 g/mol. The number of amides is 1. The molecule has 2 fully saturated rings. The smallest absolute Gasteiger partial charge is 0.223 e. The van der Waals surface area contributed by atoms with Crippen molar-refractivity contribution in [3.05, 3.63) is 34.9 Å². The first-order chi connectivity index (χ1) is 10.8. The lowest BCUT2D eigenvalue weighted by atomic mass is 10.00. The number of carbonyl (C=O) groups excluding carboxylic acids is 1. The van der Waals surface area contributed by atoms with E-state index in [4.69, 9.17) is 21.1 Å². The molecule has 22 heavy (non-hydrogen) atoms. The summed E-state index contributed by atoms with van der Waals surface area (Å²) in [5, 5.41) is 0.730. The molecule has 0 saturated carbocycles. The van der Waals surface area contributed by atoms with E-state index in [0.29, 0.717) is 26.1 Å². The highest BCUT2D eigenvalue weighted by molar-refractivity contribution is 6.31. The number of carbonyl (C=O) groups is 1. The minimum atomic E-state index is -0.246. The zero-order valence-electron chi connectivity index (χ0n) is 12.7. The van der Waals surface area contributed by atoms with Crippen LogP contribution in [-0.4, -0.2) is 42.9 Å². The third-order valence-corrected chi connectivity index (χ3v) is 4.77. The van der Waals surface area contributed by atoms with Gasteiger partial charge >= 0.3 is 0 Å². The Morgan fingerprint density at radius 2 is 2.00 bits per heavy atom. The third kappa shape index (κ3) is 3.62. The molecule has 0 unspecified atom stereocenters. The second-order valence-corrected chi connectivity index (χ2v) is 6.26. The maximum absolute atomic E-state index is 12.6. The van der Waals surface area contributed by atoms with Crippen molar-refractivity contribution in [3.63, 3.8) is 0 Å². The number of likely N-dealkylation sites (tertiary alicyclic amines) is 1. The summed E-state index contributed by atoms with van der Waals surface area (Å²) in [4.78, 5) is 14.6. The highest BCUT2D eigenvalue weighted by Crippen LogP contribution is 2.25. The number of benzene rings is 1. The van der Waals surface area contributed by atoms with Gasteiger partial charge in [-0.3, -0.25) is 4.79 Å². The van der Waals surface area contributed by atoms with Gasteiger partial charge in [0.2, 0.25) is 5.91 Å². The van der Waals surface area contributed by atoms with E-state index in [1.54, 1.807) is 0 Å². The van der Waals surface area contributed by atoms with Crippen molar-refractivity contribution >= 4 is 17.5 Å². The molecule has 2 aliphatic heterocycles. The van der Waals surface area contributed by atoms with E-state index >= 15 is 0 Å². The van der Waals surface area contributed by atoms with Crippen LogP contribution in [0.4, 0.5) is 0 Å². The van der Waals surface area contributed by atoms with E-state index in [9.17, 15) is 4.79 Å². The van der Waals surface area contributed by atoms with Crippen molar-refractivity contribution < 1.29 is 14.3 Å². The van der Waals surface area contributed by atoms with Crippen LogP contribution in [0.15, 0.2) is 24.3 Å². The Bertz CT molecular complexity index is 516. The van der Waals surface area contributed by atoms with Crippen LogP contribution in [0.2, 0.25) is 5.02 Å². The van der Waals surface area contributed by atoms with Crippen molar-refractivity contribution in [2.45, 2.75) is 44.4 Å². The van der Waals surface area contributed by atoms with Crippen molar-refractivity contribution in [1.82, 2.24) is 4.90 Å². The van der Waals surface area contributed by atoms with E-state index in [1.807, 2.05) is 29.2 Å². The molecule has 4 nitrogen and oxygen atoms in total. The zero-order chi connectivity index (χ0) is 15.4. The molecule has 0 radical (unpaired) electrons. The minimum absolute atomic E-state index is 0.0648. The van der Waals surface area contributed by atoms with Gasteiger partial charge in [0.1, 0.15) is 0 Å². The van der Waals surface area contributed by atoms with Gasteiger partial charge in [-0.2, -0.15) is 0 Å². The molecule has 0 bridgehead atoms. The lowest BCUT2D eigenvalue weighted by Crippen LogP contribution is -2.50. The molecule has 1 atom stereocenters. The van der Waals surface area contributed by atoms with E-state index in [0.717, 1.165) is 36.4 Å². The number of aryl methyl sites for hydroxylation is 1. The molecule has 1 aromatic carbocycles. The van der Waals surface area contributed by atoms with E-state index in [-0.39, 0.29) is 18.2 Å². The van der Waals surface area contributed by atoms with E-state index in [1.165, 1.54) is 0 Å². The van der Waals surface area contributed by atoms with Gasteiger partial charge in [0, 0.05) is 18.0 Å². The molecule has 5 heteroatoms. The molecule has 2 saturated heterocycles. The van der Waals surface area contributed by atoms with Crippen LogP contribution in [0.1, 0.15) is 31.2 Å². The number of halogens is 1. The van der Waals surface area contributed by atoms with Gasteiger partial charge < -0.3 is 14.4 Å². The SMILES string of the molecule is O=C(CCc1ccccc1Cl)N1CCCC[C@H]1C1OCCO1. The monoisotopic (exact) mass is 323 g/mol. The highest BCUT2D eigenvalue weighted by Gasteiger charge is 2.35. The summed E-state index contributed by atoms with van der Waals surface area (Å²) in [6.45, 7) is 2.06. The van der Waals surface area contributed by atoms with Gasteiger partial charge in [-0.25, -0.2) is 0 Å². The molecule has 3 rings (SSSR count). The van der Waals surface area contributed by atoms with Crippen LogP contribution >= 0.6 is 11.6 Å². The lowest BCUT2D eigenvalue weighted by Gasteiger charge is -2.38. The average molecular weight is 324 g/mol. The van der Waals surface area contributed by atoms with Gasteiger partial charge in [0.15, 0.2) is 6.29 Å². The molecule has 0 aromatic heterocycles. The second-order valence-electron chi connectivity index (χ2n) is 5.85. The Kier molecular flexibility index (Phi) is 5.34. The molecule has 120 valence electrons. The first-order valence-corrected chi connectivity index (χ1v) is 8.39. The molecule has 0 N–H and O–H groups in total. The number of piperidine rings is 1.